The molecular formula is C29H26N2O4. The summed E-state index contributed by atoms with van der Waals surface area (Å²) in [5.74, 6) is -0.938. The average molecular weight is 467 g/mol. The number of nitriles is 1. The van der Waals surface area contributed by atoms with E-state index in [0.29, 0.717) is 28.1 Å². The van der Waals surface area contributed by atoms with Crippen molar-refractivity contribution >= 4 is 23.1 Å². The van der Waals surface area contributed by atoms with Crippen LogP contribution in [0.4, 0.5) is 5.69 Å². The molecular weight excluding hydrogens is 440 g/mol. The molecule has 1 atom stereocenters. The Morgan fingerprint density at radius 1 is 1.06 bits per heavy atom. The summed E-state index contributed by atoms with van der Waals surface area (Å²) in [5, 5.41) is 20.6. The van der Waals surface area contributed by atoms with Gasteiger partial charge in [-0.2, -0.15) is 5.26 Å². The molecule has 6 heteroatoms. The van der Waals surface area contributed by atoms with Gasteiger partial charge in [0.2, 0.25) is 0 Å². The number of rotatable bonds is 5. The number of carbonyl (C=O) groups is 2. The normalized spacial score (nSPS) is 17.0. The van der Waals surface area contributed by atoms with Crippen LogP contribution in [-0.2, 0) is 9.59 Å². The van der Waals surface area contributed by atoms with Gasteiger partial charge in [0.05, 0.1) is 30.4 Å². The summed E-state index contributed by atoms with van der Waals surface area (Å²) in [6, 6.07) is 20.4. The Kier molecular flexibility index (Phi) is 6.44. The standard InChI is InChI=1S/C29H26N2O4/c1-17(2)23-15-21(10-13-24(23)35-4)27(32)25-26(20-7-5-6-18(3)14-20)31(29(34)28(25)33)22-11-8-19(16-30)9-12-22/h5-15,17,26,32H,1-4H3/b27-25-. The molecule has 1 amide bonds. The van der Waals surface area contributed by atoms with Crippen molar-refractivity contribution in [3.05, 3.63) is 100 Å². The third-order valence-corrected chi connectivity index (χ3v) is 6.20. The van der Waals surface area contributed by atoms with Crippen LogP contribution >= 0.6 is 0 Å². The van der Waals surface area contributed by atoms with Gasteiger partial charge in [-0.05, 0) is 66.4 Å². The molecule has 4 rings (SSSR count). The lowest BCUT2D eigenvalue weighted by atomic mass is 9.92. The largest absolute Gasteiger partial charge is 0.507 e. The van der Waals surface area contributed by atoms with E-state index < -0.39 is 17.7 Å². The number of ether oxygens (including phenoxy) is 1. The first-order valence-corrected chi connectivity index (χ1v) is 11.3. The van der Waals surface area contributed by atoms with Crippen LogP contribution in [0.3, 0.4) is 0 Å². The Labute approximate surface area is 204 Å². The zero-order valence-corrected chi connectivity index (χ0v) is 20.1. The van der Waals surface area contributed by atoms with Crippen LogP contribution in [0.2, 0.25) is 0 Å². The molecule has 0 aromatic heterocycles. The fourth-order valence-electron chi connectivity index (χ4n) is 4.44. The molecule has 1 fully saturated rings. The SMILES string of the molecule is COc1ccc(/C(O)=C2/C(=O)C(=O)N(c3ccc(C#N)cc3)C2c2cccc(C)c2)cc1C(C)C. The smallest absolute Gasteiger partial charge is 0.300 e. The molecule has 0 bridgehead atoms. The lowest BCUT2D eigenvalue weighted by Crippen LogP contribution is -2.29. The van der Waals surface area contributed by atoms with E-state index in [1.54, 1.807) is 49.6 Å². The molecule has 0 spiro atoms. The highest BCUT2D eigenvalue weighted by molar-refractivity contribution is 6.51. The van der Waals surface area contributed by atoms with E-state index in [1.807, 2.05) is 45.0 Å². The Hall–Kier alpha value is -4.37. The van der Waals surface area contributed by atoms with Gasteiger partial charge in [0, 0.05) is 11.3 Å². The number of aryl methyl sites for hydroxylation is 1. The van der Waals surface area contributed by atoms with Gasteiger partial charge in [-0.3, -0.25) is 14.5 Å². The minimum atomic E-state index is -0.826. The van der Waals surface area contributed by atoms with Gasteiger partial charge in [0.15, 0.2) is 0 Å². The molecule has 0 aliphatic carbocycles. The molecule has 3 aromatic carbocycles. The third-order valence-electron chi connectivity index (χ3n) is 6.20. The summed E-state index contributed by atoms with van der Waals surface area (Å²) in [6.45, 7) is 5.95. The fraction of sp³-hybridized carbons (Fsp3) is 0.207. The zero-order valence-electron chi connectivity index (χ0n) is 20.1. The Morgan fingerprint density at radius 3 is 2.37 bits per heavy atom. The molecule has 1 aliphatic rings. The number of nitrogens with zero attached hydrogens (tertiary/aromatic N) is 2. The predicted octanol–water partition coefficient (Wildman–Crippen LogP) is 5.63. The lowest BCUT2D eigenvalue weighted by molar-refractivity contribution is -0.132. The minimum absolute atomic E-state index is 0.0184. The molecule has 1 aliphatic heterocycles. The number of carbonyl (C=O) groups excluding carboxylic acids is 2. The quantitative estimate of drug-likeness (QED) is 0.299. The van der Waals surface area contributed by atoms with Gasteiger partial charge in [-0.15, -0.1) is 0 Å². The van der Waals surface area contributed by atoms with Crippen LogP contribution in [0.1, 0.15) is 53.6 Å². The third kappa shape index (κ3) is 4.29. The highest BCUT2D eigenvalue weighted by Crippen LogP contribution is 2.43. The first-order chi connectivity index (χ1) is 16.8. The van der Waals surface area contributed by atoms with Gasteiger partial charge >= 0.3 is 0 Å². The number of anilines is 1. The van der Waals surface area contributed by atoms with E-state index in [9.17, 15) is 14.7 Å². The Balaban J connectivity index is 1.94. The van der Waals surface area contributed by atoms with E-state index in [0.717, 1.165) is 11.1 Å². The summed E-state index contributed by atoms with van der Waals surface area (Å²) in [6.07, 6.45) is 0. The molecule has 6 nitrogen and oxygen atoms in total. The van der Waals surface area contributed by atoms with Crippen molar-refractivity contribution in [2.75, 3.05) is 12.0 Å². The van der Waals surface area contributed by atoms with Crippen LogP contribution in [0.5, 0.6) is 5.75 Å². The summed E-state index contributed by atoms with van der Waals surface area (Å²) < 4.78 is 5.45. The first-order valence-electron chi connectivity index (χ1n) is 11.3. The maximum absolute atomic E-state index is 13.4. The molecule has 3 aromatic rings. The molecule has 35 heavy (non-hydrogen) atoms. The number of hydrogen-bond acceptors (Lipinski definition) is 5. The maximum atomic E-state index is 13.4. The van der Waals surface area contributed by atoms with Crippen molar-refractivity contribution in [3.8, 4) is 11.8 Å². The summed E-state index contributed by atoms with van der Waals surface area (Å²) in [7, 11) is 1.58. The van der Waals surface area contributed by atoms with Crippen molar-refractivity contribution in [1.82, 2.24) is 0 Å². The minimum Gasteiger partial charge on any atom is -0.507 e. The van der Waals surface area contributed by atoms with Crippen molar-refractivity contribution in [2.45, 2.75) is 32.7 Å². The number of ketones is 1. The van der Waals surface area contributed by atoms with E-state index in [2.05, 4.69) is 6.07 Å². The van der Waals surface area contributed by atoms with Gasteiger partial charge in [-0.25, -0.2) is 0 Å². The topological polar surface area (TPSA) is 90.6 Å². The highest BCUT2D eigenvalue weighted by Gasteiger charge is 2.47. The van der Waals surface area contributed by atoms with Gasteiger partial charge in [0.1, 0.15) is 11.5 Å². The highest BCUT2D eigenvalue weighted by atomic mass is 16.5. The first kappa shape index (κ1) is 23.8. The molecule has 1 saturated heterocycles. The Bertz CT molecular complexity index is 1380. The molecule has 176 valence electrons. The fourth-order valence-corrected chi connectivity index (χ4v) is 4.44. The second-order valence-corrected chi connectivity index (χ2v) is 8.85. The molecule has 1 unspecified atom stereocenters. The number of Topliss-reactive ketones (excluding diaryl/α,β-unsaturated/α-hetero) is 1. The summed E-state index contributed by atoms with van der Waals surface area (Å²) in [4.78, 5) is 28.0. The van der Waals surface area contributed by atoms with Gasteiger partial charge in [0.25, 0.3) is 11.7 Å². The van der Waals surface area contributed by atoms with E-state index in [1.165, 1.54) is 4.90 Å². The predicted molar refractivity (Wildman–Crippen MR) is 134 cm³/mol. The van der Waals surface area contributed by atoms with Gasteiger partial charge < -0.3 is 9.84 Å². The second kappa shape index (κ2) is 9.47. The van der Waals surface area contributed by atoms with Crippen molar-refractivity contribution in [1.29, 1.82) is 5.26 Å². The number of aliphatic hydroxyl groups excluding tert-OH is 1. The number of benzene rings is 3. The summed E-state index contributed by atoms with van der Waals surface area (Å²) in [5.41, 5.74) is 3.90. The number of methoxy groups -OCH3 is 1. The van der Waals surface area contributed by atoms with Crippen molar-refractivity contribution < 1.29 is 19.4 Å². The van der Waals surface area contributed by atoms with E-state index >= 15 is 0 Å². The monoisotopic (exact) mass is 466 g/mol. The Morgan fingerprint density at radius 2 is 1.77 bits per heavy atom. The van der Waals surface area contributed by atoms with Crippen molar-refractivity contribution in [3.63, 3.8) is 0 Å². The van der Waals surface area contributed by atoms with Crippen LogP contribution in [0.25, 0.3) is 5.76 Å². The van der Waals surface area contributed by atoms with Gasteiger partial charge in [-0.1, -0.05) is 43.7 Å². The second-order valence-electron chi connectivity index (χ2n) is 8.85. The lowest BCUT2D eigenvalue weighted by Gasteiger charge is -2.26. The van der Waals surface area contributed by atoms with Crippen LogP contribution in [0, 0.1) is 18.3 Å². The van der Waals surface area contributed by atoms with Crippen LogP contribution < -0.4 is 9.64 Å². The molecule has 1 heterocycles. The van der Waals surface area contributed by atoms with Crippen LogP contribution in [0.15, 0.2) is 72.3 Å². The summed E-state index contributed by atoms with van der Waals surface area (Å²) >= 11 is 0. The average Bonchev–Trinajstić information content (AvgIpc) is 3.13. The van der Waals surface area contributed by atoms with E-state index in [4.69, 9.17) is 10.00 Å². The molecule has 1 N–H and O–H groups in total. The maximum Gasteiger partial charge on any atom is 0.300 e. The number of aliphatic hydroxyl groups is 1. The van der Waals surface area contributed by atoms with Crippen molar-refractivity contribution in [2.24, 2.45) is 0 Å². The zero-order chi connectivity index (χ0) is 25.3. The molecule has 0 saturated carbocycles. The number of amides is 1. The molecule has 0 radical (unpaired) electrons. The van der Waals surface area contributed by atoms with Crippen LogP contribution in [-0.4, -0.2) is 23.9 Å². The number of hydrogen-bond donors (Lipinski definition) is 1. The van der Waals surface area contributed by atoms with E-state index in [-0.39, 0.29) is 17.3 Å².